The Kier molecular flexibility index (Phi) is 4.09. The summed E-state index contributed by atoms with van der Waals surface area (Å²) in [4.78, 5) is 14.3. The maximum absolute atomic E-state index is 12.0. The van der Waals surface area contributed by atoms with E-state index in [1.807, 2.05) is 12.1 Å². The van der Waals surface area contributed by atoms with Crippen LogP contribution in [0.5, 0.6) is 0 Å². The summed E-state index contributed by atoms with van der Waals surface area (Å²) in [6.45, 7) is 3.10. The quantitative estimate of drug-likeness (QED) is 0.897. The van der Waals surface area contributed by atoms with Crippen LogP contribution in [-0.4, -0.2) is 25.5 Å². The minimum Gasteiger partial charge on any atom is -0.368 e. The Morgan fingerprint density at radius 2 is 2.10 bits per heavy atom. The molecule has 3 rings (SSSR count). The standard InChI is InChI=1S/C16H22ClN3O/c1-3-20(10-6-4-5-7-10)14-9-13-11(8-12(14)17)15(18-2)16(21)19-13/h8-10,15,18H,3-7H2,1-2H3,(H,19,21). The molecule has 21 heavy (non-hydrogen) atoms. The number of halogens is 1. The molecule has 0 spiro atoms. The molecule has 1 heterocycles. The molecule has 1 aliphatic carbocycles. The highest BCUT2D eigenvalue weighted by Crippen LogP contribution is 2.40. The molecule has 5 heteroatoms. The van der Waals surface area contributed by atoms with Gasteiger partial charge in [0, 0.05) is 23.8 Å². The number of likely N-dealkylation sites (N-methyl/N-ethyl adjacent to an activating group) is 1. The minimum absolute atomic E-state index is 0.00960. The zero-order valence-electron chi connectivity index (χ0n) is 12.6. The fourth-order valence-corrected chi connectivity index (χ4v) is 3.90. The van der Waals surface area contributed by atoms with Gasteiger partial charge in [-0.3, -0.25) is 4.79 Å². The van der Waals surface area contributed by atoms with E-state index in [1.165, 1.54) is 25.7 Å². The minimum atomic E-state index is -0.298. The van der Waals surface area contributed by atoms with E-state index in [0.29, 0.717) is 6.04 Å². The van der Waals surface area contributed by atoms with E-state index >= 15 is 0 Å². The SMILES string of the molecule is CCN(c1cc2c(cc1Cl)C(NC)C(=O)N2)C1CCCC1. The molecule has 0 saturated heterocycles. The van der Waals surface area contributed by atoms with E-state index in [0.717, 1.165) is 28.5 Å². The van der Waals surface area contributed by atoms with E-state index in [2.05, 4.69) is 22.5 Å². The number of carbonyl (C=O) groups excluding carboxylic acids is 1. The first-order chi connectivity index (χ1) is 10.2. The molecule has 0 bridgehead atoms. The zero-order chi connectivity index (χ0) is 15.0. The Balaban J connectivity index is 1.97. The summed E-state index contributed by atoms with van der Waals surface area (Å²) >= 11 is 6.52. The van der Waals surface area contributed by atoms with Gasteiger partial charge in [-0.15, -0.1) is 0 Å². The molecule has 1 atom stereocenters. The monoisotopic (exact) mass is 307 g/mol. The molecule has 1 saturated carbocycles. The molecule has 0 aromatic heterocycles. The van der Waals surface area contributed by atoms with Gasteiger partial charge in [-0.1, -0.05) is 24.4 Å². The highest BCUT2D eigenvalue weighted by atomic mass is 35.5. The van der Waals surface area contributed by atoms with Crippen LogP contribution in [0.1, 0.15) is 44.2 Å². The molecule has 0 radical (unpaired) electrons. The van der Waals surface area contributed by atoms with Crippen LogP contribution in [0.4, 0.5) is 11.4 Å². The van der Waals surface area contributed by atoms with Gasteiger partial charge in [0.05, 0.1) is 10.7 Å². The lowest BCUT2D eigenvalue weighted by Crippen LogP contribution is -2.33. The van der Waals surface area contributed by atoms with Gasteiger partial charge in [-0.25, -0.2) is 0 Å². The van der Waals surface area contributed by atoms with Crippen LogP contribution in [-0.2, 0) is 4.79 Å². The van der Waals surface area contributed by atoms with Crippen LogP contribution < -0.4 is 15.5 Å². The molecule has 1 aliphatic heterocycles. The average Bonchev–Trinajstić information content (AvgIpc) is 3.07. The van der Waals surface area contributed by atoms with E-state index in [-0.39, 0.29) is 11.9 Å². The first-order valence-corrected chi connectivity index (χ1v) is 8.11. The number of rotatable bonds is 4. The van der Waals surface area contributed by atoms with Crippen LogP contribution in [0.25, 0.3) is 0 Å². The summed E-state index contributed by atoms with van der Waals surface area (Å²) in [5.74, 6) is -0.00960. The second kappa shape index (κ2) is 5.85. The van der Waals surface area contributed by atoms with Crippen molar-refractivity contribution in [2.75, 3.05) is 23.8 Å². The second-order valence-corrected chi connectivity index (χ2v) is 6.23. The van der Waals surface area contributed by atoms with Gasteiger partial charge in [0.15, 0.2) is 0 Å². The third kappa shape index (κ3) is 2.51. The predicted octanol–water partition coefficient (Wildman–Crippen LogP) is 3.32. The number of hydrogen-bond donors (Lipinski definition) is 2. The lowest BCUT2D eigenvalue weighted by atomic mass is 10.1. The summed E-state index contributed by atoms with van der Waals surface area (Å²) in [7, 11) is 1.79. The van der Waals surface area contributed by atoms with Crippen molar-refractivity contribution in [3.63, 3.8) is 0 Å². The van der Waals surface area contributed by atoms with Crippen LogP contribution in [0, 0.1) is 0 Å². The number of fused-ring (bicyclic) bond motifs is 1. The van der Waals surface area contributed by atoms with Crippen molar-refractivity contribution < 1.29 is 4.79 Å². The van der Waals surface area contributed by atoms with Crippen LogP contribution >= 0.6 is 11.6 Å². The van der Waals surface area contributed by atoms with Crippen LogP contribution in [0.2, 0.25) is 5.02 Å². The molecule has 1 aromatic carbocycles. The summed E-state index contributed by atoms with van der Waals surface area (Å²) in [5.41, 5.74) is 2.87. The topological polar surface area (TPSA) is 44.4 Å². The lowest BCUT2D eigenvalue weighted by Gasteiger charge is -2.31. The summed E-state index contributed by atoms with van der Waals surface area (Å²) < 4.78 is 0. The largest absolute Gasteiger partial charge is 0.368 e. The van der Waals surface area contributed by atoms with E-state index in [4.69, 9.17) is 11.6 Å². The maximum atomic E-state index is 12.0. The predicted molar refractivity (Wildman–Crippen MR) is 87.2 cm³/mol. The molecule has 4 nitrogen and oxygen atoms in total. The first kappa shape index (κ1) is 14.7. The second-order valence-electron chi connectivity index (χ2n) is 5.83. The molecular formula is C16H22ClN3O. The number of nitrogens with zero attached hydrogens (tertiary/aromatic N) is 1. The van der Waals surface area contributed by atoms with Crippen molar-refractivity contribution in [1.29, 1.82) is 0 Å². The molecule has 1 fully saturated rings. The summed E-state index contributed by atoms with van der Waals surface area (Å²) in [6.07, 6.45) is 5.05. The van der Waals surface area contributed by atoms with Gasteiger partial charge < -0.3 is 15.5 Å². The third-order valence-corrected chi connectivity index (χ3v) is 4.96. The highest BCUT2D eigenvalue weighted by Gasteiger charge is 2.32. The smallest absolute Gasteiger partial charge is 0.246 e. The van der Waals surface area contributed by atoms with Crippen LogP contribution in [0.15, 0.2) is 12.1 Å². The summed E-state index contributed by atoms with van der Waals surface area (Å²) in [6, 6.07) is 4.24. The fourth-order valence-electron chi connectivity index (χ4n) is 3.62. The van der Waals surface area contributed by atoms with Crippen molar-refractivity contribution in [1.82, 2.24) is 5.32 Å². The molecule has 2 aliphatic rings. The number of amides is 1. The number of hydrogen-bond acceptors (Lipinski definition) is 3. The Morgan fingerprint density at radius 1 is 1.38 bits per heavy atom. The highest BCUT2D eigenvalue weighted by molar-refractivity contribution is 6.33. The Hall–Kier alpha value is -1.26. The fraction of sp³-hybridized carbons (Fsp3) is 0.562. The van der Waals surface area contributed by atoms with Crippen molar-refractivity contribution >= 4 is 28.9 Å². The molecule has 1 amide bonds. The van der Waals surface area contributed by atoms with E-state index < -0.39 is 0 Å². The van der Waals surface area contributed by atoms with Crippen molar-refractivity contribution in [2.24, 2.45) is 0 Å². The van der Waals surface area contributed by atoms with Crippen molar-refractivity contribution in [3.05, 3.63) is 22.7 Å². The number of benzene rings is 1. The number of anilines is 2. The van der Waals surface area contributed by atoms with Gasteiger partial charge in [-0.2, -0.15) is 0 Å². The molecule has 114 valence electrons. The van der Waals surface area contributed by atoms with Gasteiger partial charge in [0.25, 0.3) is 0 Å². The van der Waals surface area contributed by atoms with Crippen molar-refractivity contribution in [3.8, 4) is 0 Å². The molecular weight excluding hydrogens is 286 g/mol. The zero-order valence-corrected chi connectivity index (χ0v) is 13.3. The van der Waals surface area contributed by atoms with Gasteiger partial charge in [-0.05, 0) is 38.9 Å². The van der Waals surface area contributed by atoms with Crippen molar-refractivity contribution in [2.45, 2.75) is 44.7 Å². The van der Waals surface area contributed by atoms with Crippen LogP contribution in [0.3, 0.4) is 0 Å². The molecule has 1 aromatic rings. The van der Waals surface area contributed by atoms with Gasteiger partial charge in [0.2, 0.25) is 5.91 Å². The Morgan fingerprint density at radius 3 is 2.71 bits per heavy atom. The maximum Gasteiger partial charge on any atom is 0.246 e. The summed E-state index contributed by atoms with van der Waals surface area (Å²) in [5, 5.41) is 6.71. The average molecular weight is 308 g/mol. The van der Waals surface area contributed by atoms with E-state index in [9.17, 15) is 4.79 Å². The number of nitrogens with one attached hydrogen (secondary N) is 2. The normalized spacial score (nSPS) is 21.5. The van der Waals surface area contributed by atoms with E-state index in [1.54, 1.807) is 7.05 Å². The molecule has 2 N–H and O–H groups in total. The molecule has 1 unspecified atom stereocenters. The third-order valence-electron chi connectivity index (χ3n) is 4.65. The Bertz CT molecular complexity index is 555. The van der Waals surface area contributed by atoms with Gasteiger partial charge >= 0.3 is 0 Å². The van der Waals surface area contributed by atoms with Gasteiger partial charge in [0.1, 0.15) is 6.04 Å². The number of carbonyl (C=O) groups is 1. The first-order valence-electron chi connectivity index (χ1n) is 7.74. The Labute approximate surface area is 130 Å². The lowest BCUT2D eigenvalue weighted by molar-refractivity contribution is -0.117.